The number of hydrogen-bond acceptors (Lipinski definition) is 4. The van der Waals surface area contributed by atoms with Crippen molar-refractivity contribution in [3.8, 4) is 0 Å². The molecule has 2 atom stereocenters. The van der Waals surface area contributed by atoms with Gasteiger partial charge in [-0.15, -0.1) is 10.2 Å². The van der Waals surface area contributed by atoms with E-state index < -0.39 is 0 Å². The van der Waals surface area contributed by atoms with Crippen LogP contribution in [0.1, 0.15) is 56.9 Å². The Morgan fingerprint density at radius 3 is 2.75 bits per heavy atom. The van der Waals surface area contributed by atoms with E-state index in [1.807, 2.05) is 11.0 Å². The molecule has 20 heavy (non-hydrogen) atoms. The molecule has 2 rings (SSSR count). The molecule has 2 unspecified atom stereocenters. The molecule has 0 spiro atoms. The molecule has 1 amide bonds. The van der Waals surface area contributed by atoms with Crippen LogP contribution in [0.4, 0.5) is 5.82 Å². The van der Waals surface area contributed by atoms with Crippen LogP contribution in [0.5, 0.6) is 0 Å². The Hall–Kier alpha value is -1.65. The maximum atomic E-state index is 12.6. The van der Waals surface area contributed by atoms with Crippen molar-refractivity contribution >= 4 is 11.7 Å². The maximum Gasteiger partial charge on any atom is 0.274 e. The van der Waals surface area contributed by atoms with E-state index in [1.54, 1.807) is 6.07 Å². The van der Waals surface area contributed by atoms with Crippen LogP contribution in [0.2, 0.25) is 0 Å². The van der Waals surface area contributed by atoms with Gasteiger partial charge in [0.25, 0.3) is 5.91 Å². The monoisotopic (exact) mass is 276 g/mol. The highest BCUT2D eigenvalue weighted by molar-refractivity contribution is 5.92. The Labute approximate surface area is 120 Å². The van der Waals surface area contributed by atoms with Gasteiger partial charge in [-0.2, -0.15) is 0 Å². The standard InChI is InChI=1S/C15H24N4O/c1-4-10-16-14-9-8-13(17-18-14)15(20)19-11(3)6-7-12(19)5-2/h8-9,11-12H,4-7,10H2,1-3H3,(H,16,18). The summed E-state index contributed by atoms with van der Waals surface area (Å²) in [5, 5.41) is 11.3. The Morgan fingerprint density at radius 1 is 1.35 bits per heavy atom. The lowest BCUT2D eigenvalue weighted by Crippen LogP contribution is -2.40. The van der Waals surface area contributed by atoms with E-state index in [1.165, 1.54) is 0 Å². The molecule has 0 radical (unpaired) electrons. The van der Waals surface area contributed by atoms with Gasteiger partial charge in [-0.1, -0.05) is 13.8 Å². The Bertz CT molecular complexity index is 446. The molecule has 1 aromatic heterocycles. The van der Waals surface area contributed by atoms with Crippen molar-refractivity contribution in [1.29, 1.82) is 0 Å². The number of anilines is 1. The number of nitrogens with zero attached hydrogens (tertiary/aromatic N) is 3. The fraction of sp³-hybridized carbons (Fsp3) is 0.667. The summed E-state index contributed by atoms with van der Waals surface area (Å²) in [5.74, 6) is 0.737. The minimum atomic E-state index is 0.0105. The summed E-state index contributed by atoms with van der Waals surface area (Å²) >= 11 is 0. The second-order valence-electron chi connectivity index (χ2n) is 5.43. The fourth-order valence-corrected chi connectivity index (χ4v) is 2.76. The molecule has 1 aromatic rings. The molecule has 1 N–H and O–H groups in total. The third kappa shape index (κ3) is 3.08. The predicted molar refractivity (Wildman–Crippen MR) is 79.8 cm³/mol. The molecule has 1 aliphatic rings. The van der Waals surface area contributed by atoms with Crippen LogP contribution in [0.3, 0.4) is 0 Å². The SMILES string of the molecule is CCCNc1ccc(C(=O)N2C(C)CCC2CC)nn1. The highest BCUT2D eigenvalue weighted by atomic mass is 16.2. The summed E-state index contributed by atoms with van der Waals surface area (Å²) < 4.78 is 0. The lowest BCUT2D eigenvalue weighted by Gasteiger charge is -2.27. The Morgan fingerprint density at radius 2 is 2.15 bits per heavy atom. The second kappa shape index (κ2) is 6.68. The molecule has 0 saturated carbocycles. The average molecular weight is 276 g/mol. The first-order valence-corrected chi connectivity index (χ1v) is 7.57. The minimum absolute atomic E-state index is 0.0105. The number of carbonyl (C=O) groups is 1. The summed E-state index contributed by atoms with van der Waals surface area (Å²) in [6, 6.07) is 4.24. The molecule has 0 aromatic carbocycles. The number of likely N-dealkylation sites (tertiary alicyclic amines) is 1. The lowest BCUT2D eigenvalue weighted by molar-refractivity contribution is 0.0669. The van der Waals surface area contributed by atoms with Gasteiger partial charge in [-0.05, 0) is 44.7 Å². The summed E-state index contributed by atoms with van der Waals surface area (Å²) in [7, 11) is 0. The number of hydrogen-bond donors (Lipinski definition) is 1. The summed E-state index contributed by atoms with van der Waals surface area (Å²) in [5.41, 5.74) is 0.444. The van der Waals surface area contributed by atoms with Gasteiger partial charge >= 0.3 is 0 Å². The fourth-order valence-electron chi connectivity index (χ4n) is 2.76. The summed E-state index contributed by atoms with van der Waals surface area (Å²) in [6.45, 7) is 7.20. The summed E-state index contributed by atoms with van der Waals surface area (Å²) in [6.07, 6.45) is 4.20. The average Bonchev–Trinajstić information content (AvgIpc) is 2.86. The Balaban J connectivity index is 2.08. The van der Waals surface area contributed by atoms with E-state index >= 15 is 0 Å². The smallest absolute Gasteiger partial charge is 0.274 e. The van der Waals surface area contributed by atoms with E-state index in [9.17, 15) is 4.79 Å². The first kappa shape index (κ1) is 14.8. The molecule has 0 aliphatic carbocycles. The zero-order valence-electron chi connectivity index (χ0n) is 12.6. The van der Waals surface area contributed by atoms with Gasteiger partial charge in [-0.3, -0.25) is 4.79 Å². The number of amides is 1. The van der Waals surface area contributed by atoms with Crippen molar-refractivity contribution in [2.75, 3.05) is 11.9 Å². The third-order valence-corrected chi connectivity index (χ3v) is 3.93. The first-order chi connectivity index (χ1) is 9.67. The molecule has 1 aliphatic heterocycles. The Kier molecular flexibility index (Phi) is 4.93. The zero-order valence-corrected chi connectivity index (χ0v) is 12.6. The van der Waals surface area contributed by atoms with Crippen LogP contribution in [0, 0.1) is 0 Å². The molecule has 5 nitrogen and oxygen atoms in total. The topological polar surface area (TPSA) is 58.1 Å². The molecular formula is C15H24N4O. The molecule has 0 bridgehead atoms. The van der Waals surface area contributed by atoms with Gasteiger partial charge in [0.1, 0.15) is 5.82 Å². The van der Waals surface area contributed by atoms with E-state index in [0.29, 0.717) is 17.8 Å². The second-order valence-corrected chi connectivity index (χ2v) is 5.43. The van der Waals surface area contributed by atoms with Crippen LogP contribution in [0.25, 0.3) is 0 Å². The van der Waals surface area contributed by atoms with Crippen LogP contribution in [-0.2, 0) is 0 Å². The predicted octanol–water partition coefficient (Wildman–Crippen LogP) is 2.70. The highest BCUT2D eigenvalue weighted by Gasteiger charge is 2.34. The van der Waals surface area contributed by atoms with Gasteiger partial charge in [0.05, 0.1) is 0 Å². The van der Waals surface area contributed by atoms with E-state index in [4.69, 9.17) is 0 Å². The third-order valence-electron chi connectivity index (χ3n) is 3.93. The number of rotatable bonds is 5. The zero-order chi connectivity index (χ0) is 14.5. The van der Waals surface area contributed by atoms with Crippen molar-refractivity contribution in [2.45, 2.75) is 58.5 Å². The number of aromatic nitrogens is 2. The lowest BCUT2D eigenvalue weighted by atomic mass is 10.1. The van der Waals surface area contributed by atoms with Crippen molar-refractivity contribution in [1.82, 2.24) is 15.1 Å². The summed E-state index contributed by atoms with van der Waals surface area (Å²) in [4.78, 5) is 14.5. The van der Waals surface area contributed by atoms with Crippen molar-refractivity contribution < 1.29 is 4.79 Å². The minimum Gasteiger partial charge on any atom is -0.369 e. The molecule has 110 valence electrons. The van der Waals surface area contributed by atoms with Gasteiger partial charge in [-0.25, -0.2) is 0 Å². The van der Waals surface area contributed by atoms with Crippen molar-refractivity contribution in [3.05, 3.63) is 17.8 Å². The van der Waals surface area contributed by atoms with Crippen LogP contribution >= 0.6 is 0 Å². The largest absolute Gasteiger partial charge is 0.369 e. The van der Waals surface area contributed by atoms with E-state index in [2.05, 4.69) is 36.3 Å². The number of carbonyl (C=O) groups excluding carboxylic acids is 1. The number of nitrogens with one attached hydrogen (secondary N) is 1. The van der Waals surface area contributed by atoms with Crippen molar-refractivity contribution in [3.63, 3.8) is 0 Å². The van der Waals surface area contributed by atoms with Gasteiger partial charge in [0, 0.05) is 18.6 Å². The maximum absolute atomic E-state index is 12.6. The van der Waals surface area contributed by atoms with Crippen LogP contribution in [0.15, 0.2) is 12.1 Å². The van der Waals surface area contributed by atoms with Crippen LogP contribution < -0.4 is 5.32 Å². The molecular weight excluding hydrogens is 252 g/mol. The quantitative estimate of drug-likeness (QED) is 0.898. The van der Waals surface area contributed by atoms with E-state index in [-0.39, 0.29) is 5.91 Å². The normalized spacial score (nSPS) is 22.1. The highest BCUT2D eigenvalue weighted by Crippen LogP contribution is 2.27. The van der Waals surface area contributed by atoms with Gasteiger partial charge in [0.15, 0.2) is 5.69 Å². The van der Waals surface area contributed by atoms with Crippen molar-refractivity contribution in [2.24, 2.45) is 0 Å². The molecule has 2 heterocycles. The molecule has 1 saturated heterocycles. The first-order valence-electron chi connectivity index (χ1n) is 7.57. The van der Waals surface area contributed by atoms with Crippen LogP contribution in [-0.4, -0.2) is 39.6 Å². The van der Waals surface area contributed by atoms with Gasteiger partial charge in [0.2, 0.25) is 0 Å². The van der Waals surface area contributed by atoms with E-state index in [0.717, 1.165) is 38.0 Å². The van der Waals surface area contributed by atoms with Gasteiger partial charge < -0.3 is 10.2 Å². The molecule has 1 fully saturated rings. The molecule has 5 heteroatoms.